The Kier molecular flexibility index (Phi) is 5.24. The molecule has 2 N–H and O–H groups in total. The highest BCUT2D eigenvalue weighted by Gasteiger charge is 2.03. The first-order chi connectivity index (χ1) is 9.70. The van der Waals surface area contributed by atoms with Gasteiger partial charge in [0.2, 0.25) is 11.1 Å². The van der Waals surface area contributed by atoms with E-state index < -0.39 is 0 Å². The van der Waals surface area contributed by atoms with Gasteiger partial charge in [0, 0.05) is 5.56 Å². The van der Waals surface area contributed by atoms with Crippen molar-refractivity contribution >= 4 is 47.1 Å². The van der Waals surface area contributed by atoms with Gasteiger partial charge in [-0.1, -0.05) is 47.1 Å². The van der Waals surface area contributed by atoms with Crippen LogP contribution in [0, 0.1) is 11.3 Å². The van der Waals surface area contributed by atoms with Crippen LogP contribution in [-0.2, 0) is 0 Å². The molecular weight excluding hydrogens is 319 g/mol. The highest BCUT2D eigenvalue weighted by atomic mass is 35.5. The van der Waals surface area contributed by atoms with E-state index >= 15 is 0 Å². The molecule has 9 heteroatoms. The molecule has 2 rings (SSSR count). The lowest BCUT2D eigenvalue weighted by atomic mass is 10.2. The van der Waals surface area contributed by atoms with Crippen molar-refractivity contribution in [2.24, 2.45) is 5.10 Å². The van der Waals surface area contributed by atoms with E-state index in [1.807, 2.05) is 6.07 Å². The van der Waals surface area contributed by atoms with Gasteiger partial charge in [-0.2, -0.15) is 15.3 Å². The number of H-pyrrole nitrogens is 1. The van der Waals surface area contributed by atoms with Crippen molar-refractivity contribution in [1.29, 1.82) is 5.26 Å². The van der Waals surface area contributed by atoms with Crippen molar-refractivity contribution in [2.45, 2.75) is 5.16 Å². The van der Waals surface area contributed by atoms with Gasteiger partial charge in [-0.05, 0) is 6.07 Å². The minimum absolute atomic E-state index is 0.290. The van der Waals surface area contributed by atoms with Crippen molar-refractivity contribution in [2.75, 3.05) is 11.2 Å². The summed E-state index contributed by atoms with van der Waals surface area (Å²) in [6, 6.07) is 7.26. The zero-order chi connectivity index (χ0) is 14.4. The number of hydrazone groups is 1. The number of rotatable bonds is 5. The zero-order valence-corrected chi connectivity index (χ0v) is 12.3. The Bertz CT molecular complexity index is 663. The molecule has 1 aromatic heterocycles. The van der Waals surface area contributed by atoms with E-state index in [2.05, 4.69) is 25.7 Å². The molecule has 0 unspecified atom stereocenters. The second-order valence-electron chi connectivity index (χ2n) is 3.43. The van der Waals surface area contributed by atoms with E-state index in [9.17, 15) is 0 Å². The van der Waals surface area contributed by atoms with Crippen LogP contribution in [0.4, 0.5) is 5.95 Å². The number of halogens is 2. The predicted octanol–water partition coefficient (Wildman–Crippen LogP) is 3.17. The summed E-state index contributed by atoms with van der Waals surface area (Å²) in [6.07, 6.45) is 1.53. The van der Waals surface area contributed by atoms with Crippen LogP contribution in [0.3, 0.4) is 0 Å². The molecule has 0 aliphatic rings. The topological polar surface area (TPSA) is 89.8 Å². The molecule has 0 amide bonds. The van der Waals surface area contributed by atoms with Gasteiger partial charge in [0.25, 0.3) is 0 Å². The van der Waals surface area contributed by atoms with Gasteiger partial charge in [-0.15, -0.1) is 5.10 Å². The first kappa shape index (κ1) is 14.7. The number of benzene rings is 1. The Labute approximate surface area is 129 Å². The average molecular weight is 327 g/mol. The van der Waals surface area contributed by atoms with E-state index in [1.54, 1.807) is 18.2 Å². The molecule has 0 bridgehead atoms. The van der Waals surface area contributed by atoms with Crippen LogP contribution >= 0.6 is 35.0 Å². The van der Waals surface area contributed by atoms with E-state index in [0.717, 1.165) is 0 Å². The Morgan fingerprint density at radius 3 is 3.15 bits per heavy atom. The Morgan fingerprint density at radius 2 is 2.35 bits per heavy atom. The van der Waals surface area contributed by atoms with Crippen LogP contribution in [0.15, 0.2) is 28.5 Å². The minimum atomic E-state index is 0.290. The molecule has 102 valence electrons. The number of aromatic amines is 1. The van der Waals surface area contributed by atoms with Gasteiger partial charge in [-0.3, -0.25) is 0 Å². The minimum Gasteiger partial charge on any atom is -0.246 e. The first-order valence-electron chi connectivity index (χ1n) is 5.36. The molecule has 0 radical (unpaired) electrons. The molecule has 0 aliphatic heterocycles. The van der Waals surface area contributed by atoms with Crippen LogP contribution in [0.25, 0.3) is 0 Å². The number of nitrogens with one attached hydrogen (secondary N) is 2. The van der Waals surface area contributed by atoms with Crippen LogP contribution < -0.4 is 5.43 Å². The monoisotopic (exact) mass is 326 g/mol. The largest absolute Gasteiger partial charge is 0.246 e. The number of aromatic nitrogens is 3. The second kappa shape index (κ2) is 7.14. The maximum Gasteiger partial charge on any atom is 0.240 e. The molecule has 2 aromatic rings. The number of anilines is 1. The molecule has 0 saturated carbocycles. The smallest absolute Gasteiger partial charge is 0.240 e. The van der Waals surface area contributed by atoms with Crippen LogP contribution in [-0.4, -0.2) is 27.1 Å². The first-order valence-corrected chi connectivity index (χ1v) is 7.10. The summed E-state index contributed by atoms with van der Waals surface area (Å²) < 4.78 is 0. The normalized spacial score (nSPS) is 10.7. The summed E-state index contributed by atoms with van der Waals surface area (Å²) in [5.41, 5.74) is 3.36. The molecule has 0 atom stereocenters. The van der Waals surface area contributed by atoms with Crippen molar-refractivity contribution < 1.29 is 0 Å². The molecule has 6 nitrogen and oxygen atoms in total. The van der Waals surface area contributed by atoms with Crippen LogP contribution in [0.1, 0.15) is 5.56 Å². The molecular formula is C11H8Cl2N6S. The van der Waals surface area contributed by atoms with E-state index in [-0.39, 0.29) is 0 Å². The number of nitriles is 1. The SMILES string of the molecule is N#CCSc1n[nH]c(NN=Cc2cccc(Cl)c2Cl)n1. The van der Waals surface area contributed by atoms with Crippen molar-refractivity contribution in [3.8, 4) is 6.07 Å². The zero-order valence-electron chi connectivity index (χ0n) is 9.97. The Morgan fingerprint density at radius 1 is 1.50 bits per heavy atom. The summed E-state index contributed by atoms with van der Waals surface area (Å²) in [7, 11) is 0. The van der Waals surface area contributed by atoms with Gasteiger partial charge in [0.1, 0.15) is 0 Å². The average Bonchev–Trinajstić information content (AvgIpc) is 2.89. The van der Waals surface area contributed by atoms with Crippen LogP contribution in [0.2, 0.25) is 10.0 Å². The fraction of sp³-hybridized carbons (Fsp3) is 0.0909. The summed E-state index contributed by atoms with van der Waals surface area (Å²) in [5.74, 6) is 0.665. The number of hydrogen-bond acceptors (Lipinski definition) is 6. The molecule has 1 aromatic carbocycles. The second-order valence-corrected chi connectivity index (χ2v) is 5.15. The van der Waals surface area contributed by atoms with Gasteiger partial charge in [0.15, 0.2) is 0 Å². The number of thioether (sulfide) groups is 1. The number of hydrogen-bond donors (Lipinski definition) is 2. The number of nitrogens with zero attached hydrogens (tertiary/aromatic N) is 4. The quantitative estimate of drug-likeness (QED) is 0.500. The fourth-order valence-electron chi connectivity index (χ4n) is 1.24. The van der Waals surface area contributed by atoms with Crippen molar-refractivity contribution in [3.05, 3.63) is 33.8 Å². The van der Waals surface area contributed by atoms with Crippen molar-refractivity contribution in [1.82, 2.24) is 15.2 Å². The molecule has 0 fully saturated rings. The fourth-order valence-corrected chi connectivity index (χ4v) is 2.06. The lowest BCUT2D eigenvalue weighted by Gasteiger charge is -1.99. The van der Waals surface area contributed by atoms with Crippen LogP contribution in [0.5, 0.6) is 0 Å². The molecule has 1 heterocycles. The summed E-state index contributed by atoms with van der Waals surface area (Å²) in [5, 5.41) is 20.4. The van der Waals surface area contributed by atoms with E-state index in [1.165, 1.54) is 18.0 Å². The lowest BCUT2D eigenvalue weighted by molar-refractivity contribution is 0.975. The lowest BCUT2D eigenvalue weighted by Crippen LogP contribution is -1.93. The third-order valence-electron chi connectivity index (χ3n) is 2.09. The Hall–Kier alpha value is -1.75. The molecule has 0 aliphatic carbocycles. The molecule has 0 saturated heterocycles. The highest BCUT2D eigenvalue weighted by Crippen LogP contribution is 2.24. The van der Waals surface area contributed by atoms with Gasteiger partial charge in [-0.25, -0.2) is 10.5 Å². The van der Waals surface area contributed by atoms with Crippen molar-refractivity contribution in [3.63, 3.8) is 0 Å². The van der Waals surface area contributed by atoms with Gasteiger partial charge >= 0.3 is 0 Å². The highest BCUT2D eigenvalue weighted by molar-refractivity contribution is 7.99. The molecule has 0 spiro atoms. The maximum absolute atomic E-state index is 8.45. The van der Waals surface area contributed by atoms with E-state index in [0.29, 0.717) is 32.5 Å². The summed E-state index contributed by atoms with van der Waals surface area (Å²) in [6.45, 7) is 0. The van der Waals surface area contributed by atoms with Gasteiger partial charge < -0.3 is 0 Å². The van der Waals surface area contributed by atoms with Gasteiger partial charge in [0.05, 0.1) is 28.1 Å². The standard InChI is InChI=1S/C11H8Cl2N6S/c12-8-3-1-2-7(9(8)13)6-15-17-10-16-11(19-18-10)20-5-4-14/h1-3,6H,5H2,(H2,16,17,18,19). The summed E-state index contributed by atoms with van der Waals surface area (Å²) in [4.78, 5) is 4.08. The van der Waals surface area contributed by atoms with E-state index in [4.69, 9.17) is 28.5 Å². The molecule has 20 heavy (non-hydrogen) atoms. The Balaban J connectivity index is 1.98. The maximum atomic E-state index is 8.45. The third-order valence-corrected chi connectivity index (χ3v) is 3.63. The third kappa shape index (κ3) is 3.87. The summed E-state index contributed by atoms with van der Waals surface area (Å²) >= 11 is 13.1. The predicted molar refractivity (Wildman–Crippen MR) is 80.4 cm³/mol.